The van der Waals surface area contributed by atoms with Gasteiger partial charge in [0.15, 0.2) is 0 Å². The summed E-state index contributed by atoms with van der Waals surface area (Å²) in [5, 5.41) is 0. The second-order valence-electron chi connectivity index (χ2n) is 6.44. The minimum absolute atomic E-state index is 0.0414. The van der Waals surface area contributed by atoms with E-state index in [2.05, 4.69) is 21.6 Å². The van der Waals surface area contributed by atoms with Crippen molar-refractivity contribution in [1.82, 2.24) is 14.7 Å². The van der Waals surface area contributed by atoms with Gasteiger partial charge in [0.25, 0.3) is 0 Å². The van der Waals surface area contributed by atoms with E-state index in [1.54, 1.807) is 0 Å². The summed E-state index contributed by atoms with van der Waals surface area (Å²) in [4.78, 5) is 19.6. The van der Waals surface area contributed by atoms with Crippen LogP contribution in [-0.2, 0) is 4.79 Å². The number of nitrogens with two attached hydrogens (primary N) is 1. The van der Waals surface area contributed by atoms with Crippen LogP contribution in [0.1, 0.15) is 39.0 Å². The molecule has 0 aliphatic carbocycles. The van der Waals surface area contributed by atoms with E-state index in [0.29, 0.717) is 5.91 Å². The lowest BCUT2D eigenvalue weighted by molar-refractivity contribution is -0.137. The number of carbonyl (C=O) groups is 1. The van der Waals surface area contributed by atoms with E-state index in [-0.39, 0.29) is 6.04 Å². The number of hydrogen-bond acceptors (Lipinski definition) is 4. The number of amides is 1. The highest BCUT2D eigenvalue weighted by Gasteiger charge is 2.28. The van der Waals surface area contributed by atoms with Gasteiger partial charge in [0, 0.05) is 39.3 Å². The Balaban J connectivity index is 1.77. The third kappa shape index (κ3) is 4.94. The van der Waals surface area contributed by atoms with Gasteiger partial charge in [0.1, 0.15) is 0 Å². The molecule has 2 fully saturated rings. The van der Waals surface area contributed by atoms with Gasteiger partial charge < -0.3 is 15.5 Å². The second-order valence-corrected chi connectivity index (χ2v) is 6.44. The number of piperazine rings is 1. The zero-order valence-corrected chi connectivity index (χ0v) is 13.6. The van der Waals surface area contributed by atoms with E-state index < -0.39 is 0 Å². The average molecular weight is 296 g/mol. The molecular weight excluding hydrogens is 264 g/mol. The summed E-state index contributed by atoms with van der Waals surface area (Å²) in [6, 6.07) is 0.0414. The number of nitrogens with zero attached hydrogens (tertiary/aromatic N) is 3. The van der Waals surface area contributed by atoms with E-state index in [0.717, 1.165) is 58.8 Å². The SMILES string of the molecule is CC(C(=O)N1CCCCCC1)N1CCN(CCCN)CC1. The first-order chi connectivity index (χ1) is 10.2. The van der Waals surface area contributed by atoms with E-state index >= 15 is 0 Å². The number of rotatable bonds is 5. The van der Waals surface area contributed by atoms with Crippen LogP contribution in [0.25, 0.3) is 0 Å². The highest BCUT2D eigenvalue weighted by Crippen LogP contribution is 2.14. The van der Waals surface area contributed by atoms with Crippen molar-refractivity contribution < 1.29 is 4.79 Å². The van der Waals surface area contributed by atoms with Crippen LogP contribution in [-0.4, -0.2) is 79.0 Å². The molecule has 1 amide bonds. The first-order valence-electron chi connectivity index (χ1n) is 8.67. The highest BCUT2D eigenvalue weighted by molar-refractivity contribution is 5.81. The molecule has 2 rings (SSSR count). The van der Waals surface area contributed by atoms with E-state index in [1.165, 1.54) is 25.7 Å². The first kappa shape index (κ1) is 16.7. The zero-order valence-electron chi connectivity index (χ0n) is 13.6. The molecule has 122 valence electrons. The largest absolute Gasteiger partial charge is 0.341 e. The minimum Gasteiger partial charge on any atom is -0.341 e. The van der Waals surface area contributed by atoms with E-state index in [9.17, 15) is 4.79 Å². The Morgan fingerprint density at radius 2 is 1.62 bits per heavy atom. The van der Waals surface area contributed by atoms with E-state index in [1.807, 2.05) is 0 Å². The van der Waals surface area contributed by atoms with Crippen LogP contribution >= 0.6 is 0 Å². The topological polar surface area (TPSA) is 52.8 Å². The van der Waals surface area contributed by atoms with Crippen molar-refractivity contribution in [3.8, 4) is 0 Å². The molecule has 0 spiro atoms. The van der Waals surface area contributed by atoms with Gasteiger partial charge in [-0.1, -0.05) is 12.8 Å². The van der Waals surface area contributed by atoms with Gasteiger partial charge in [-0.2, -0.15) is 0 Å². The molecule has 0 bridgehead atoms. The van der Waals surface area contributed by atoms with Gasteiger partial charge in [-0.25, -0.2) is 0 Å². The quantitative estimate of drug-likeness (QED) is 0.813. The second kappa shape index (κ2) is 8.71. The molecule has 0 aromatic carbocycles. The molecule has 2 heterocycles. The fourth-order valence-electron chi connectivity index (χ4n) is 3.40. The Bertz CT molecular complexity index is 307. The fraction of sp³-hybridized carbons (Fsp3) is 0.938. The van der Waals surface area contributed by atoms with Crippen LogP contribution in [0.3, 0.4) is 0 Å². The van der Waals surface area contributed by atoms with Crippen LogP contribution in [0.5, 0.6) is 0 Å². The molecule has 2 aliphatic heterocycles. The monoisotopic (exact) mass is 296 g/mol. The van der Waals surface area contributed by atoms with Crippen LogP contribution < -0.4 is 5.73 Å². The van der Waals surface area contributed by atoms with Crippen LogP contribution in [0.2, 0.25) is 0 Å². The molecule has 1 unspecified atom stereocenters. The van der Waals surface area contributed by atoms with Gasteiger partial charge >= 0.3 is 0 Å². The molecule has 1 atom stereocenters. The maximum atomic E-state index is 12.7. The van der Waals surface area contributed by atoms with Gasteiger partial charge in [-0.15, -0.1) is 0 Å². The van der Waals surface area contributed by atoms with Crippen LogP contribution in [0, 0.1) is 0 Å². The summed E-state index contributed by atoms with van der Waals surface area (Å²) in [6.07, 6.45) is 5.97. The van der Waals surface area contributed by atoms with Crippen molar-refractivity contribution in [1.29, 1.82) is 0 Å². The predicted molar refractivity (Wildman–Crippen MR) is 86.2 cm³/mol. The Kier molecular flexibility index (Phi) is 6.93. The third-order valence-corrected chi connectivity index (χ3v) is 4.91. The van der Waals surface area contributed by atoms with Crippen molar-refractivity contribution in [2.24, 2.45) is 5.73 Å². The minimum atomic E-state index is 0.0414. The summed E-state index contributed by atoms with van der Waals surface area (Å²) in [6.45, 7) is 10.0. The van der Waals surface area contributed by atoms with Crippen molar-refractivity contribution in [2.45, 2.75) is 45.1 Å². The third-order valence-electron chi connectivity index (χ3n) is 4.91. The lowest BCUT2D eigenvalue weighted by Gasteiger charge is -2.38. The van der Waals surface area contributed by atoms with Crippen molar-refractivity contribution in [3.05, 3.63) is 0 Å². The molecule has 21 heavy (non-hydrogen) atoms. The molecule has 0 aromatic heterocycles. The number of likely N-dealkylation sites (tertiary alicyclic amines) is 1. The van der Waals surface area contributed by atoms with Gasteiger partial charge in [0.05, 0.1) is 6.04 Å². The molecule has 2 saturated heterocycles. The summed E-state index contributed by atoms with van der Waals surface area (Å²) in [5.74, 6) is 0.340. The average Bonchev–Trinajstić information content (AvgIpc) is 2.81. The van der Waals surface area contributed by atoms with Crippen molar-refractivity contribution >= 4 is 5.91 Å². The molecule has 0 saturated carbocycles. The van der Waals surface area contributed by atoms with Crippen LogP contribution in [0.4, 0.5) is 0 Å². The normalized spacial score (nSPS) is 23.8. The van der Waals surface area contributed by atoms with Gasteiger partial charge in [0.2, 0.25) is 5.91 Å². The highest BCUT2D eigenvalue weighted by atomic mass is 16.2. The first-order valence-corrected chi connectivity index (χ1v) is 8.67. The molecule has 2 N–H and O–H groups in total. The Morgan fingerprint density at radius 3 is 2.19 bits per heavy atom. The number of carbonyl (C=O) groups excluding carboxylic acids is 1. The smallest absolute Gasteiger partial charge is 0.239 e. The summed E-state index contributed by atoms with van der Waals surface area (Å²) in [7, 11) is 0. The Morgan fingerprint density at radius 1 is 1.00 bits per heavy atom. The Labute approximate surface area is 129 Å². The molecule has 5 heteroatoms. The lowest BCUT2D eigenvalue weighted by atomic mass is 10.2. The maximum Gasteiger partial charge on any atom is 0.239 e. The maximum absolute atomic E-state index is 12.7. The molecule has 5 nitrogen and oxygen atoms in total. The lowest BCUT2D eigenvalue weighted by Crippen LogP contribution is -2.54. The summed E-state index contributed by atoms with van der Waals surface area (Å²) in [5.41, 5.74) is 5.57. The zero-order chi connectivity index (χ0) is 15.1. The molecule has 0 radical (unpaired) electrons. The molecule has 0 aromatic rings. The predicted octanol–water partition coefficient (Wildman–Crippen LogP) is 0.744. The summed E-state index contributed by atoms with van der Waals surface area (Å²) >= 11 is 0. The van der Waals surface area contributed by atoms with Gasteiger partial charge in [-0.05, 0) is 39.3 Å². The van der Waals surface area contributed by atoms with E-state index in [4.69, 9.17) is 5.73 Å². The number of hydrogen-bond donors (Lipinski definition) is 1. The van der Waals surface area contributed by atoms with Gasteiger partial charge in [-0.3, -0.25) is 9.69 Å². The fourth-order valence-corrected chi connectivity index (χ4v) is 3.40. The van der Waals surface area contributed by atoms with Crippen molar-refractivity contribution in [3.63, 3.8) is 0 Å². The Hall–Kier alpha value is -0.650. The van der Waals surface area contributed by atoms with Crippen molar-refractivity contribution in [2.75, 3.05) is 52.4 Å². The summed E-state index contributed by atoms with van der Waals surface area (Å²) < 4.78 is 0. The molecular formula is C16H32N4O. The standard InChI is InChI=1S/C16H32N4O/c1-15(16(21)20-9-4-2-3-5-10-20)19-13-11-18(12-14-19)8-6-7-17/h15H,2-14,17H2,1H3. The molecule has 2 aliphatic rings. The van der Waals surface area contributed by atoms with Crippen LogP contribution in [0.15, 0.2) is 0 Å².